The van der Waals surface area contributed by atoms with Crippen LogP contribution in [0.1, 0.15) is 0 Å². The molecule has 0 N–H and O–H groups in total. The Labute approximate surface area is 252 Å². The first-order chi connectivity index (χ1) is 21.8. The quantitative estimate of drug-likeness (QED) is 0.213. The molecule has 0 aliphatic heterocycles. The molecule has 0 amide bonds. The molecule has 4 heteroatoms. The maximum Gasteiger partial charge on any atom is 0.231 e. The zero-order valence-electron chi connectivity index (χ0n) is 23.6. The zero-order valence-corrected chi connectivity index (χ0v) is 23.6. The lowest BCUT2D eigenvalue weighted by molar-refractivity contribution is 0.653. The molecule has 0 bridgehead atoms. The fourth-order valence-corrected chi connectivity index (χ4v) is 6.16. The number of nitrogens with zero attached hydrogens (tertiary/aromatic N) is 2. The Morgan fingerprint density at radius 2 is 0.932 bits per heavy atom. The molecule has 9 rings (SSSR count). The van der Waals surface area contributed by atoms with Crippen LogP contribution in [0.5, 0.6) is 0 Å². The second-order valence-electron chi connectivity index (χ2n) is 11.0. The van der Waals surface area contributed by atoms with E-state index < -0.39 is 0 Å². The molecule has 0 unspecified atom stereocenters. The summed E-state index contributed by atoms with van der Waals surface area (Å²) in [5.41, 5.74) is 10.5. The molecule has 0 fully saturated rings. The van der Waals surface area contributed by atoms with E-state index in [0.717, 1.165) is 77.4 Å². The molecule has 0 radical (unpaired) electrons. The molecular weight excluding hydrogens is 540 g/mol. The Bertz CT molecular complexity index is 2490. The summed E-state index contributed by atoms with van der Waals surface area (Å²) in [4.78, 5) is 9.96. The van der Waals surface area contributed by atoms with Crippen LogP contribution >= 0.6 is 0 Å². The molecule has 4 nitrogen and oxygen atoms in total. The number of fused-ring (bicyclic) bond motifs is 6. The minimum absolute atomic E-state index is 0.583. The van der Waals surface area contributed by atoms with E-state index in [4.69, 9.17) is 18.8 Å². The van der Waals surface area contributed by atoms with Crippen LogP contribution in [0.3, 0.4) is 0 Å². The predicted octanol–water partition coefficient (Wildman–Crippen LogP) is 10.9. The fraction of sp³-hybridized carbons (Fsp3) is 0. The standard InChI is InChI=1S/C40H24N2O2/c1-3-10-25(11-4-1)38-37-33-24-30(19-21-36(33)44-40(37)42-39(41-38)26-12-5-2-6-13-26)28-15-9-14-27(22-28)29-18-20-35-32(23-29)31-16-7-8-17-34(31)43-35/h1-24H. The highest BCUT2D eigenvalue weighted by molar-refractivity contribution is 6.12. The minimum atomic E-state index is 0.583. The van der Waals surface area contributed by atoms with Crippen molar-refractivity contribution in [2.24, 2.45) is 0 Å². The van der Waals surface area contributed by atoms with Crippen LogP contribution in [0.15, 0.2) is 154 Å². The van der Waals surface area contributed by atoms with Crippen LogP contribution in [0, 0.1) is 0 Å². The topological polar surface area (TPSA) is 52.1 Å². The van der Waals surface area contributed by atoms with Gasteiger partial charge in [0, 0.05) is 27.3 Å². The van der Waals surface area contributed by atoms with E-state index in [9.17, 15) is 0 Å². The predicted molar refractivity (Wildman–Crippen MR) is 178 cm³/mol. The smallest absolute Gasteiger partial charge is 0.231 e. The molecule has 0 saturated carbocycles. The number of aromatic nitrogens is 2. The summed E-state index contributed by atoms with van der Waals surface area (Å²) in [6.07, 6.45) is 0. The summed E-state index contributed by atoms with van der Waals surface area (Å²) in [6.45, 7) is 0. The monoisotopic (exact) mass is 564 g/mol. The van der Waals surface area contributed by atoms with Gasteiger partial charge in [0.25, 0.3) is 0 Å². The molecule has 0 aliphatic carbocycles. The van der Waals surface area contributed by atoms with Crippen molar-refractivity contribution in [3.8, 4) is 44.9 Å². The lowest BCUT2D eigenvalue weighted by atomic mass is 9.96. The van der Waals surface area contributed by atoms with E-state index in [1.165, 1.54) is 0 Å². The first-order valence-corrected chi connectivity index (χ1v) is 14.7. The van der Waals surface area contributed by atoms with Gasteiger partial charge in [-0.05, 0) is 58.7 Å². The van der Waals surface area contributed by atoms with Gasteiger partial charge < -0.3 is 8.83 Å². The third-order valence-corrected chi connectivity index (χ3v) is 8.32. The Morgan fingerprint density at radius 3 is 1.68 bits per heavy atom. The normalized spacial score (nSPS) is 11.6. The van der Waals surface area contributed by atoms with Gasteiger partial charge in [0.15, 0.2) is 5.82 Å². The maximum absolute atomic E-state index is 6.37. The summed E-state index contributed by atoms with van der Waals surface area (Å²) in [6, 6.07) is 49.9. The number of benzene rings is 6. The van der Waals surface area contributed by atoms with Crippen molar-refractivity contribution in [2.45, 2.75) is 0 Å². The van der Waals surface area contributed by atoms with Gasteiger partial charge in [-0.1, -0.05) is 109 Å². The van der Waals surface area contributed by atoms with Gasteiger partial charge >= 0.3 is 0 Å². The number of hydrogen-bond acceptors (Lipinski definition) is 4. The van der Waals surface area contributed by atoms with E-state index in [1.807, 2.05) is 66.7 Å². The summed E-state index contributed by atoms with van der Waals surface area (Å²) in [5, 5.41) is 4.16. The number of rotatable bonds is 4. The fourth-order valence-electron chi connectivity index (χ4n) is 6.16. The van der Waals surface area contributed by atoms with Crippen molar-refractivity contribution in [2.75, 3.05) is 0 Å². The van der Waals surface area contributed by atoms with Crippen molar-refractivity contribution < 1.29 is 8.83 Å². The zero-order chi connectivity index (χ0) is 29.0. The van der Waals surface area contributed by atoms with E-state index in [2.05, 4.69) is 78.9 Å². The molecule has 9 aromatic rings. The van der Waals surface area contributed by atoms with Crippen LogP contribution in [0.25, 0.3) is 88.9 Å². The average molecular weight is 565 g/mol. The van der Waals surface area contributed by atoms with E-state index >= 15 is 0 Å². The Kier molecular flexibility index (Phi) is 5.47. The van der Waals surface area contributed by atoms with E-state index in [0.29, 0.717) is 11.5 Å². The third-order valence-electron chi connectivity index (χ3n) is 8.32. The van der Waals surface area contributed by atoms with Crippen LogP contribution in [-0.2, 0) is 0 Å². The van der Waals surface area contributed by atoms with Crippen molar-refractivity contribution in [3.63, 3.8) is 0 Å². The molecule has 44 heavy (non-hydrogen) atoms. The highest BCUT2D eigenvalue weighted by Crippen LogP contribution is 2.39. The van der Waals surface area contributed by atoms with Gasteiger partial charge in [0.1, 0.15) is 16.7 Å². The second-order valence-corrected chi connectivity index (χ2v) is 11.0. The van der Waals surface area contributed by atoms with Gasteiger partial charge in [-0.15, -0.1) is 0 Å². The molecule has 3 aromatic heterocycles. The molecule has 206 valence electrons. The van der Waals surface area contributed by atoms with E-state index in [1.54, 1.807) is 0 Å². The van der Waals surface area contributed by atoms with Crippen molar-refractivity contribution in [1.29, 1.82) is 0 Å². The van der Waals surface area contributed by atoms with Crippen LogP contribution in [0.2, 0.25) is 0 Å². The van der Waals surface area contributed by atoms with Crippen molar-refractivity contribution in [1.82, 2.24) is 9.97 Å². The first-order valence-electron chi connectivity index (χ1n) is 14.7. The summed E-state index contributed by atoms with van der Waals surface area (Å²) in [7, 11) is 0. The molecule has 0 atom stereocenters. The highest BCUT2D eigenvalue weighted by atomic mass is 16.3. The maximum atomic E-state index is 6.37. The van der Waals surface area contributed by atoms with Crippen molar-refractivity contribution in [3.05, 3.63) is 146 Å². The highest BCUT2D eigenvalue weighted by Gasteiger charge is 2.19. The molecule has 0 saturated heterocycles. The largest absolute Gasteiger partial charge is 0.456 e. The SMILES string of the molecule is c1ccc(-c2nc(-c3ccccc3)c3c(n2)oc2ccc(-c4cccc(-c5ccc6oc7ccccc7c6c5)c4)cc23)cc1. The lowest BCUT2D eigenvalue weighted by Crippen LogP contribution is -1.93. The van der Waals surface area contributed by atoms with Gasteiger partial charge in [-0.2, -0.15) is 4.98 Å². The second kappa shape index (κ2) is 9.79. The third kappa shape index (κ3) is 4.00. The summed E-state index contributed by atoms with van der Waals surface area (Å²) < 4.78 is 12.4. The van der Waals surface area contributed by atoms with E-state index in [-0.39, 0.29) is 0 Å². The minimum Gasteiger partial charge on any atom is -0.456 e. The first kappa shape index (κ1) is 24.6. The molecule has 3 heterocycles. The van der Waals surface area contributed by atoms with Crippen LogP contribution in [0.4, 0.5) is 0 Å². The average Bonchev–Trinajstić information content (AvgIpc) is 3.66. The number of furan rings is 2. The molecule has 0 aliphatic rings. The van der Waals surface area contributed by atoms with Gasteiger partial charge in [-0.25, -0.2) is 4.98 Å². The van der Waals surface area contributed by atoms with Crippen LogP contribution < -0.4 is 0 Å². The summed E-state index contributed by atoms with van der Waals surface area (Å²) in [5.74, 6) is 0.645. The molecule has 0 spiro atoms. The van der Waals surface area contributed by atoms with Gasteiger partial charge in [-0.3, -0.25) is 0 Å². The molecule has 6 aromatic carbocycles. The van der Waals surface area contributed by atoms with Gasteiger partial charge in [0.2, 0.25) is 5.71 Å². The Hall–Kier alpha value is -6.00. The Morgan fingerprint density at radius 1 is 0.364 bits per heavy atom. The number of para-hydroxylation sites is 1. The summed E-state index contributed by atoms with van der Waals surface area (Å²) >= 11 is 0. The van der Waals surface area contributed by atoms with Crippen LogP contribution in [-0.4, -0.2) is 9.97 Å². The van der Waals surface area contributed by atoms with Gasteiger partial charge in [0.05, 0.1) is 11.1 Å². The molecular formula is C40H24N2O2. The van der Waals surface area contributed by atoms with Crippen molar-refractivity contribution >= 4 is 44.0 Å². The Balaban J connectivity index is 1.20. The lowest BCUT2D eigenvalue weighted by Gasteiger charge is -2.08. The number of hydrogen-bond donors (Lipinski definition) is 0.